The van der Waals surface area contributed by atoms with Crippen molar-refractivity contribution >= 4 is 17.7 Å². The number of rotatable bonds is 3. The summed E-state index contributed by atoms with van der Waals surface area (Å²) in [6.07, 6.45) is 1.59. The van der Waals surface area contributed by atoms with Gasteiger partial charge in [0, 0.05) is 13.6 Å². The third kappa shape index (κ3) is 2.01. The average molecular weight is 253 g/mol. The van der Waals surface area contributed by atoms with Crippen molar-refractivity contribution < 1.29 is 14.4 Å². The van der Waals surface area contributed by atoms with Crippen molar-refractivity contribution in [3.63, 3.8) is 0 Å². The highest BCUT2D eigenvalue weighted by Crippen LogP contribution is 2.30. The van der Waals surface area contributed by atoms with Gasteiger partial charge in [0.25, 0.3) is 5.91 Å². The molecule has 2 aliphatic heterocycles. The van der Waals surface area contributed by atoms with Crippen LogP contribution in [0.5, 0.6) is 0 Å². The first kappa shape index (κ1) is 13.0. The highest BCUT2D eigenvalue weighted by Gasteiger charge is 2.43. The SMILES string of the molecule is CCC1(C(=O)NC2CC(=O)N(C)C2=O)CCNC1. The molecule has 6 heteroatoms. The van der Waals surface area contributed by atoms with Crippen LogP contribution in [0.15, 0.2) is 0 Å². The van der Waals surface area contributed by atoms with E-state index in [2.05, 4.69) is 10.6 Å². The van der Waals surface area contributed by atoms with E-state index in [1.54, 1.807) is 0 Å². The number of hydrogen-bond donors (Lipinski definition) is 2. The molecular formula is C12H19N3O3. The first-order valence-corrected chi connectivity index (χ1v) is 6.32. The lowest BCUT2D eigenvalue weighted by Gasteiger charge is -2.26. The molecule has 6 nitrogen and oxygen atoms in total. The molecule has 3 amide bonds. The number of nitrogens with zero attached hydrogens (tertiary/aromatic N) is 1. The minimum absolute atomic E-state index is 0.0777. The van der Waals surface area contributed by atoms with Gasteiger partial charge in [0.15, 0.2) is 0 Å². The van der Waals surface area contributed by atoms with Gasteiger partial charge in [-0.2, -0.15) is 0 Å². The van der Waals surface area contributed by atoms with Gasteiger partial charge in [0.1, 0.15) is 6.04 Å². The molecule has 2 N–H and O–H groups in total. The van der Waals surface area contributed by atoms with E-state index in [-0.39, 0.29) is 24.1 Å². The van der Waals surface area contributed by atoms with E-state index in [0.29, 0.717) is 6.54 Å². The molecule has 0 radical (unpaired) electrons. The predicted molar refractivity (Wildman–Crippen MR) is 64.5 cm³/mol. The normalized spacial score (nSPS) is 32.1. The molecule has 0 bridgehead atoms. The van der Waals surface area contributed by atoms with Gasteiger partial charge in [0.05, 0.1) is 11.8 Å². The van der Waals surface area contributed by atoms with Crippen LogP contribution >= 0.6 is 0 Å². The third-order valence-electron chi connectivity index (χ3n) is 4.09. The van der Waals surface area contributed by atoms with E-state index in [1.165, 1.54) is 7.05 Å². The Hall–Kier alpha value is -1.43. The number of hydrogen-bond acceptors (Lipinski definition) is 4. The molecule has 2 heterocycles. The summed E-state index contributed by atoms with van der Waals surface area (Å²) >= 11 is 0. The maximum absolute atomic E-state index is 12.3. The second kappa shape index (κ2) is 4.68. The Labute approximate surface area is 106 Å². The zero-order chi connectivity index (χ0) is 13.3. The van der Waals surface area contributed by atoms with Crippen LogP contribution in [0.3, 0.4) is 0 Å². The van der Waals surface area contributed by atoms with Crippen molar-refractivity contribution in [3.05, 3.63) is 0 Å². The summed E-state index contributed by atoms with van der Waals surface area (Å²) in [5, 5.41) is 5.91. The average Bonchev–Trinajstić information content (AvgIpc) is 2.93. The van der Waals surface area contributed by atoms with Crippen molar-refractivity contribution in [1.29, 1.82) is 0 Å². The molecule has 2 fully saturated rings. The summed E-state index contributed by atoms with van der Waals surface area (Å²) in [4.78, 5) is 36.5. The fraction of sp³-hybridized carbons (Fsp3) is 0.750. The van der Waals surface area contributed by atoms with E-state index in [9.17, 15) is 14.4 Å². The van der Waals surface area contributed by atoms with Gasteiger partial charge in [0.2, 0.25) is 11.8 Å². The summed E-state index contributed by atoms with van der Waals surface area (Å²) in [7, 11) is 1.45. The molecule has 0 aromatic carbocycles. The number of likely N-dealkylation sites (tertiary alicyclic amines) is 1. The van der Waals surface area contributed by atoms with Gasteiger partial charge in [-0.3, -0.25) is 19.3 Å². The smallest absolute Gasteiger partial charge is 0.252 e. The lowest BCUT2D eigenvalue weighted by Crippen LogP contribution is -2.48. The minimum Gasteiger partial charge on any atom is -0.343 e. The van der Waals surface area contributed by atoms with Gasteiger partial charge in [-0.15, -0.1) is 0 Å². The summed E-state index contributed by atoms with van der Waals surface area (Å²) in [5.74, 6) is -0.664. The van der Waals surface area contributed by atoms with Crippen LogP contribution in [-0.4, -0.2) is 48.8 Å². The van der Waals surface area contributed by atoms with Crippen molar-refractivity contribution in [2.24, 2.45) is 5.41 Å². The van der Waals surface area contributed by atoms with Crippen LogP contribution in [0.2, 0.25) is 0 Å². The van der Waals surface area contributed by atoms with Gasteiger partial charge < -0.3 is 10.6 Å². The van der Waals surface area contributed by atoms with E-state index in [1.807, 2.05) is 6.92 Å². The number of amides is 3. The van der Waals surface area contributed by atoms with Crippen LogP contribution in [0.25, 0.3) is 0 Å². The summed E-state index contributed by atoms with van der Waals surface area (Å²) in [6.45, 7) is 3.43. The molecule has 0 aliphatic carbocycles. The molecular weight excluding hydrogens is 234 g/mol. The first-order chi connectivity index (χ1) is 8.50. The molecule has 2 rings (SSSR count). The lowest BCUT2D eigenvalue weighted by atomic mass is 9.83. The van der Waals surface area contributed by atoms with E-state index in [0.717, 1.165) is 24.3 Å². The Morgan fingerprint density at radius 3 is 2.72 bits per heavy atom. The largest absolute Gasteiger partial charge is 0.343 e. The van der Waals surface area contributed by atoms with Crippen LogP contribution < -0.4 is 10.6 Å². The summed E-state index contributed by atoms with van der Waals surface area (Å²) < 4.78 is 0. The zero-order valence-electron chi connectivity index (χ0n) is 10.8. The Kier molecular flexibility index (Phi) is 3.38. The maximum Gasteiger partial charge on any atom is 0.252 e. The van der Waals surface area contributed by atoms with Crippen molar-refractivity contribution in [3.8, 4) is 0 Å². The predicted octanol–water partition coefficient (Wildman–Crippen LogP) is -0.750. The highest BCUT2D eigenvalue weighted by atomic mass is 16.2. The minimum atomic E-state index is -0.681. The second-order valence-electron chi connectivity index (χ2n) is 5.08. The number of carbonyl (C=O) groups excluding carboxylic acids is 3. The molecule has 2 saturated heterocycles. The van der Waals surface area contributed by atoms with Gasteiger partial charge in [-0.25, -0.2) is 0 Å². The van der Waals surface area contributed by atoms with Gasteiger partial charge in [-0.05, 0) is 19.4 Å². The summed E-state index contributed by atoms with van der Waals surface area (Å²) in [5.41, 5.74) is -0.426. The van der Waals surface area contributed by atoms with Crippen LogP contribution in [0.4, 0.5) is 0 Å². The van der Waals surface area contributed by atoms with E-state index >= 15 is 0 Å². The van der Waals surface area contributed by atoms with E-state index in [4.69, 9.17) is 0 Å². The molecule has 2 aliphatic rings. The van der Waals surface area contributed by atoms with Crippen LogP contribution in [0, 0.1) is 5.41 Å². The second-order valence-corrected chi connectivity index (χ2v) is 5.08. The standard InChI is InChI=1S/C12H19N3O3/c1-3-12(4-5-13-7-12)11(18)14-8-6-9(16)15(2)10(8)17/h8,13H,3-7H2,1-2H3,(H,14,18). The number of carbonyl (C=O) groups is 3. The Morgan fingerprint density at radius 2 is 2.28 bits per heavy atom. The molecule has 0 aromatic heterocycles. The quantitative estimate of drug-likeness (QED) is 0.649. The molecule has 100 valence electrons. The Balaban J connectivity index is 2.04. The van der Waals surface area contributed by atoms with Crippen molar-refractivity contribution in [2.45, 2.75) is 32.2 Å². The molecule has 0 spiro atoms. The zero-order valence-corrected chi connectivity index (χ0v) is 10.8. The molecule has 2 unspecified atom stereocenters. The third-order valence-corrected chi connectivity index (χ3v) is 4.09. The molecule has 2 atom stereocenters. The molecule has 18 heavy (non-hydrogen) atoms. The van der Waals surface area contributed by atoms with Crippen LogP contribution in [-0.2, 0) is 14.4 Å². The summed E-state index contributed by atoms with van der Waals surface area (Å²) in [6, 6.07) is -0.681. The Morgan fingerprint density at radius 1 is 1.56 bits per heavy atom. The number of imide groups is 1. The lowest BCUT2D eigenvalue weighted by molar-refractivity contribution is -0.139. The molecule has 0 saturated carbocycles. The highest BCUT2D eigenvalue weighted by molar-refractivity contribution is 6.06. The Bertz CT molecular complexity index is 388. The number of nitrogens with one attached hydrogen (secondary N) is 2. The van der Waals surface area contributed by atoms with Crippen molar-refractivity contribution in [2.75, 3.05) is 20.1 Å². The monoisotopic (exact) mass is 253 g/mol. The fourth-order valence-corrected chi connectivity index (χ4v) is 2.58. The fourth-order valence-electron chi connectivity index (χ4n) is 2.58. The van der Waals surface area contributed by atoms with E-state index < -0.39 is 11.5 Å². The van der Waals surface area contributed by atoms with Crippen LogP contribution in [0.1, 0.15) is 26.2 Å². The molecule has 0 aromatic rings. The number of likely N-dealkylation sites (N-methyl/N-ethyl adjacent to an activating group) is 1. The maximum atomic E-state index is 12.3. The van der Waals surface area contributed by atoms with Gasteiger partial charge in [-0.1, -0.05) is 6.92 Å². The first-order valence-electron chi connectivity index (χ1n) is 6.32. The van der Waals surface area contributed by atoms with Gasteiger partial charge >= 0.3 is 0 Å². The topological polar surface area (TPSA) is 78.5 Å². The van der Waals surface area contributed by atoms with Crippen molar-refractivity contribution in [1.82, 2.24) is 15.5 Å².